The maximum Gasteiger partial charge on any atom is 0.125 e. The summed E-state index contributed by atoms with van der Waals surface area (Å²) in [5.41, 5.74) is 2.40. The molecule has 0 fully saturated rings. The standard InChI is InChI=1S/C15H16FNO2/c1-10-3-5-12(16)7-14(10)17-9-11-4-6-13(19-2)8-15(11)18/h3-8,17-18H,9H2,1-2H3. The van der Waals surface area contributed by atoms with E-state index >= 15 is 0 Å². The highest BCUT2D eigenvalue weighted by Crippen LogP contribution is 2.25. The van der Waals surface area contributed by atoms with Gasteiger partial charge in [0.1, 0.15) is 17.3 Å². The number of phenolic OH excluding ortho intramolecular Hbond substituents is 1. The van der Waals surface area contributed by atoms with Gasteiger partial charge in [-0.25, -0.2) is 4.39 Å². The Morgan fingerprint density at radius 1 is 1.21 bits per heavy atom. The van der Waals surface area contributed by atoms with Crippen molar-refractivity contribution < 1.29 is 14.2 Å². The van der Waals surface area contributed by atoms with Crippen molar-refractivity contribution in [3.05, 3.63) is 53.3 Å². The molecule has 2 N–H and O–H groups in total. The lowest BCUT2D eigenvalue weighted by Crippen LogP contribution is -2.02. The lowest BCUT2D eigenvalue weighted by atomic mass is 10.1. The summed E-state index contributed by atoms with van der Waals surface area (Å²) < 4.78 is 18.2. The zero-order valence-corrected chi connectivity index (χ0v) is 10.9. The molecule has 2 aromatic carbocycles. The Labute approximate surface area is 111 Å². The molecular formula is C15H16FNO2. The SMILES string of the molecule is COc1ccc(CNc2cc(F)ccc2C)c(O)c1. The van der Waals surface area contributed by atoms with Gasteiger partial charge in [0, 0.05) is 23.9 Å². The van der Waals surface area contributed by atoms with Crippen LogP contribution in [0, 0.1) is 12.7 Å². The van der Waals surface area contributed by atoms with Crippen molar-refractivity contribution in [3.8, 4) is 11.5 Å². The quantitative estimate of drug-likeness (QED) is 0.885. The summed E-state index contributed by atoms with van der Waals surface area (Å²) in [6, 6.07) is 9.67. The van der Waals surface area contributed by atoms with Gasteiger partial charge >= 0.3 is 0 Å². The van der Waals surface area contributed by atoms with E-state index in [4.69, 9.17) is 4.74 Å². The van der Waals surface area contributed by atoms with E-state index in [9.17, 15) is 9.50 Å². The Morgan fingerprint density at radius 2 is 2.00 bits per heavy atom. The van der Waals surface area contributed by atoms with Crippen molar-refractivity contribution in [2.75, 3.05) is 12.4 Å². The van der Waals surface area contributed by atoms with E-state index in [1.54, 1.807) is 31.4 Å². The van der Waals surface area contributed by atoms with Gasteiger partial charge in [-0.15, -0.1) is 0 Å². The molecule has 0 amide bonds. The average molecular weight is 261 g/mol. The van der Waals surface area contributed by atoms with Crippen molar-refractivity contribution in [2.24, 2.45) is 0 Å². The molecule has 0 spiro atoms. The fourth-order valence-electron chi connectivity index (χ4n) is 1.80. The van der Waals surface area contributed by atoms with E-state index in [-0.39, 0.29) is 11.6 Å². The van der Waals surface area contributed by atoms with E-state index in [2.05, 4.69) is 5.32 Å². The number of hydrogen-bond donors (Lipinski definition) is 2. The van der Waals surface area contributed by atoms with Gasteiger partial charge in [0.15, 0.2) is 0 Å². The molecule has 0 radical (unpaired) electrons. The third-order valence-corrected chi connectivity index (χ3v) is 2.96. The summed E-state index contributed by atoms with van der Waals surface area (Å²) in [7, 11) is 1.54. The van der Waals surface area contributed by atoms with Gasteiger partial charge in [0.05, 0.1) is 7.11 Å². The lowest BCUT2D eigenvalue weighted by molar-refractivity contribution is 0.406. The molecular weight excluding hydrogens is 245 g/mol. The molecule has 0 bridgehead atoms. The van der Waals surface area contributed by atoms with Crippen molar-refractivity contribution >= 4 is 5.69 Å². The third-order valence-electron chi connectivity index (χ3n) is 2.96. The van der Waals surface area contributed by atoms with Gasteiger partial charge in [0.25, 0.3) is 0 Å². The first kappa shape index (κ1) is 13.2. The number of rotatable bonds is 4. The molecule has 0 aliphatic carbocycles. The molecule has 2 rings (SSSR count). The number of ether oxygens (including phenoxy) is 1. The van der Waals surface area contributed by atoms with Crippen molar-refractivity contribution in [3.63, 3.8) is 0 Å². The summed E-state index contributed by atoms with van der Waals surface area (Å²) in [5.74, 6) is 0.469. The first-order valence-corrected chi connectivity index (χ1v) is 5.96. The molecule has 0 aromatic heterocycles. The number of halogens is 1. The van der Waals surface area contributed by atoms with Crippen LogP contribution in [0.3, 0.4) is 0 Å². The topological polar surface area (TPSA) is 41.5 Å². The van der Waals surface area contributed by atoms with Crippen LogP contribution in [0.4, 0.5) is 10.1 Å². The summed E-state index contributed by atoms with van der Waals surface area (Å²) in [6.45, 7) is 2.32. The second-order valence-electron chi connectivity index (χ2n) is 4.31. The zero-order valence-electron chi connectivity index (χ0n) is 10.9. The number of phenols is 1. The number of anilines is 1. The molecule has 0 unspecified atom stereocenters. The maximum absolute atomic E-state index is 13.1. The molecule has 0 saturated carbocycles. The summed E-state index contributed by atoms with van der Waals surface area (Å²) in [6.07, 6.45) is 0. The Bertz CT molecular complexity index is 584. The van der Waals surface area contributed by atoms with Crippen LogP contribution in [0.25, 0.3) is 0 Å². The molecule has 3 nitrogen and oxygen atoms in total. The number of aromatic hydroxyl groups is 1. The van der Waals surface area contributed by atoms with Gasteiger partial charge in [-0.2, -0.15) is 0 Å². The van der Waals surface area contributed by atoms with Gasteiger partial charge in [-0.1, -0.05) is 6.07 Å². The largest absolute Gasteiger partial charge is 0.507 e. The molecule has 0 atom stereocenters. The van der Waals surface area contributed by atoms with Crippen LogP contribution in [0.1, 0.15) is 11.1 Å². The lowest BCUT2D eigenvalue weighted by Gasteiger charge is -2.11. The van der Waals surface area contributed by atoms with Crippen molar-refractivity contribution in [1.29, 1.82) is 0 Å². The van der Waals surface area contributed by atoms with E-state index in [0.29, 0.717) is 12.3 Å². The predicted octanol–water partition coefficient (Wildman–Crippen LogP) is 3.46. The van der Waals surface area contributed by atoms with Crippen LogP contribution in [0.15, 0.2) is 36.4 Å². The molecule has 0 heterocycles. The van der Waals surface area contributed by atoms with Crippen LogP contribution < -0.4 is 10.1 Å². The summed E-state index contributed by atoms with van der Waals surface area (Å²) in [5, 5.41) is 12.9. The van der Waals surface area contributed by atoms with E-state index in [1.807, 2.05) is 6.92 Å². The van der Waals surface area contributed by atoms with E-state index in [0.717, 1.165) is 16.8 Å². The van der Waals surface area contributed by atoms with Gasteiger partial charge in [-0.05, 0) is 36.8 Å². The van der Waals surface area contributed by atoms with Crippen molar-refractivity contribution in [1.82, 2.24) is 0 Å². The Hall–Kier alpha value is -2.23. The molecule has 4 heteroatoms. The number of nitrogens with one attached hydrogen (secondary N) is 1. The van der Waals surface area contributed by atoms with Gasteiger partial charge in [-0.3, -0.25) is 0 Å². The minimum absolute atomic E-state index is 0.154. The fraction of sp³-hybridized carbons (Fsp3) is 0.200. The smallest absolute Gasteiger partial charge is 0.125 e. The molecule has 0 aliphatic heterocycles. The van der Waals surface area contributed by atoms with Crippen molar-refractivity contribution in [2.45, 2.75) is 13.5 Å². The third kappa shape index (κ3) is 3.16. The van der Waals surface area contributed by atoms with Crippen LogP contribution in [-0.4, -0.2) is 12.2 Å². The monoisotopic (exact) mass is 261 g/mol. The van der Waals surface area contributed by atoms with Crippen LogP contribution >= 0.6 is 0 Å². The molecule has 19 heavy (non-hydrogen) atoms. The maximum atomic E-state index is 13.1. The van der Waals surface area contributed by atoms with Gasteiger partial charge < -0.3 is 15.2 Å². The minimum atomic E-state index is -0.285. The first-order chi connectivity index (χ1) is 9.10. The molecule has 2 aromatic rings. The number of benzene rings is 2. The Balaban J connectivity index is 2.12. The highest BCUT2D eigenvalue weighted by Gasteiger charge is 2.05. The predicted molar refractivity (Wildman–Crippen MR) is 73.1 cm³/mol. The fourth-order valence-corrected chi connectivity index (χ4v) is 1.80. The highest BCUT2D eigenvalue weighted by molar-refractivity contribution is 5.52. The number of hydrogen-bond acceptors (Lipinski definition) is 3. The van der Waals surface area contributed by atoms with Crippen LogP contribution in [-0.2, 0) is 6.54 Å². The highest BCUT2D eigenvalue weighted by atomic mass is 19.1. The number of aryl methyl sites for hydroxylation is 1. The second kappa shape index (κ2) is 5.61. The Kier molecular flexibility index (Phi) is 3.90. The molecule has 0 aliphatic rings. The Morgan fingerprint density at radius 3 is 2.68 bits per heavy atom. The van der Waals surface area contributed by atoms with E-state index in [1.165, 1.54) is 12.1 Å². The van der Waals surface area contributed by atoms with Crippen LogP contribution in [0.2, 0.25) is 0 Å². The second-order valence-corrected chi connectivity index (χ2v) is 4.31. The number of methoxy groups -OCH3 is 1. The van der Waals surface area contributed by atoms with Crippen LogP contribution in [0.5, 0.6) is 11.5 Å². The van der Waals surface area contributed by atoms with Gasteiger partial charge in [0.2, 0.25) is 0 Å². The summed E-state index contributed by atoms with van der Waals surface area (Å²) in [4.78, 5) is 0. The first-order valence-electron chi connectivity index (χ1n) is 5.96. The molecule has 100 valence electrons. The normalized spacial score (nSPS) is 10.3. The minimum Gasteiger partial charge on any atom is -0.507 e. The zero-order chi connectivity index (χ0) is 13.8. The summed E-state index contributed by atoms with van der Waals surface area (Å²) >= 11 is 0. The molecule has 0 saturated heterocycles. The van der Waals surface area contributed by atoms with E-state index < -0.39 is 0 Å². The average Bonchev–Trinajstić information content (AvgIpc) is 2.40.